The average Bonchev–Trinajstić information content (AvgIpc) is 3.14. The van der Waals surface area contributed by atoms with Crippen LogP contribution in [0.2, 0.25) is 0 Å². The van der Waals surface area contributed by atoms with Crippen LogP contribution in [0, 0.1) is 0 Å². The summed E-state index contributed by atoms with van der Waals surface area (Å²) < 4.78 is 8.14. The fourth-order valence-electron chi connectivity index (χ4n) is 5.96. The Kier molecular flexibility index (Phi) is 8.98. The second-order valence-electron chi connectivity index (χ2n) is 10.2. The van der Waals surface area contributed by atoms with Crippen LogP contribution >= 0.6 is 0 Å². The van der Waals surface area contributed by atoms with Crippen LogP contribution < -0.4 is 15.4 Å². The predicted molar refractivity (Wildman–Crippen MR) is 160 cm³/mol. The van der Waals surface area contributed by atoms with Crippen molar-refractivity contribution in [2.24, 2.45) is 0 Å². The molecule has 2 N–H and O–H groups in total. The maximum absolute atomic E-state index is 13.0. The van der Waals surface area contributed by atoms with E-state index in [9.17, 15) is 4.79 Å². The lowest BCUT2D eigenvalue weighted by atomic mass is 9.86. The number of hydrogen-bond donors (Lipinski definition) is 2. The SMILES string of the molecule is CCCC(CCC)c1c2n(c3ccccc13)CC(/C(NCC)=C(/C)C(=O)NCC)=Cc1cc(OC)ccc1-2. The molecule has 0 atom stereocenters. The molecule has 1 aliphatic heterocycles. The number of rotatable bonds is 11. The molecule has 202 valence electrons. The third kappa shape index (κ3) is 5.24. The fraction of sp³-hybridized carbons (Fsp3) is 0.424. The normalized spacial score (nSPS) is 13.4. The molecule has 0 aliphatic carbocycles. The quantitative estimate of drug-likeness (QED) is 0.262. The van der Waals surface area contributed by atoms with E-state index in [0.717, 1.165) is 42.0 Å². The van der Waals surface area contributed by atoms with E-state index in [4.69, 9.17) is 4.74 Å². The van der Waals surface area contributed by atoms with Crippen LogP contribution in [0.3, 0.4) is 0 Å². The third-order valence-corrected chi connectivity index (χ3v) is 7.59. The summed E-state index contributed by atoms with van der Waals surface area (Å²) in [5.74, 6) is 1.28. The molecule has 0 saturated heterocycles. The van der Waals surface area contributed by atoms with Crippen molar-refractivity contribution in [3.63, 3.8) is 0 Å². The zero-order chi connectivity index (χ0) is 27.2. The number of para-hydroxylation sites is 1. The lowest BCUT2D eigenvalue weighted by molar-refractivity contribution is -0.117. The van der Waals surface area contributed by atoms with Crippen molar-refractivity contribution in [3.05, 3.63) is 70.4 Å². The number of carbonyl (C=O) groups excluding carboxylic acids is 1. The van der Waals surface area contributed by atoms with Crippen LogP contribution in [0.15, 0.2) is 59.3 Å². The first-order valence-electron chi connectivity index (χ1n) is 14.2. The van der Waals surface area contributed by atoms with E-state index in [0.29, 0.717) is 24.6 Å². The smallest absolute Gasteiger partial charge is 0.248 e. The first-order valence-corrected chi connectivity index (χ1v) is 14.2. The van der Waals surface area contributed by atoms with Crippen molar-refractivity contribution < 1.29 is 9.53 Å². The molecule has 0 bridgehead atoms. The van der Waals surface area contributed by atoms with Crippen LogP contribution in [0.1, 0.15) is 77.3 Å². The summed E-state index contributed by atoms with van der Waals surface area (Å²) in [5.41, 5.74) is 9.05. The van der Waals surface area contributed by atoms with E-state index < -0.39 is 0 Å². The number of methoxy groups -OCH3 is 1. The second kappa shape index (κ2) is 12.4. The van der Waals surface area contributed by atoms with Crippen molar-refractivity contribution in [2.45, 2.75) is 72.8 Å². The minimum absolute atomic E-state index is 0.0382. The molecule has 2 aromatic carbocycles. The van der Waals surface area contributed by atoms with Crippen molar-refractivity contribution in [3.8, 4) is 17.0 Å². The van der Waals surface area contributed by atoms with Crippen molar-refractivity contribution in [1.82, 2.24) is 15.2 Å². The van der Waals surface area contributed by atoms with Gasteiger partial charge in [0.25, 0.3) is 0 Å². The molecule has 0 unspecified atom stereocenters. The largest absolute Gasteiger partial charge is 0.497 e. The van der Waals surface area contributed by atoms with Crippen LogP contribution in [0.25, 0.3) is 28.2 Å². The van der Waals surface area contributed by atoms with Gasteiger partial charge in [-0.15, -0.1) is 0 Å². The van der Waals surface area contributed by atoms with E-state index in [1.165, 1.54) is 40.6 Å². The van der Waals surface area contributed by atoms with Crippen molar-refractivity contribution >= 4 is 22.9 Å². The Morgan fingerprint density at radius 2 is 1.71 bits per heavy atom. The molecule has 0 spiro atoms. The van der Waals surface area contributed by atoms with Crippen molar-refractivity contribution in [1.29, 1.82) is 0 Å². The topological polar surface area (TPSA) is 55.3 Å². The van der Waals surface area contributed by atoms with Crippen LogP contribution in [0.5, 0.6) is 5.75 Å². The standard InChI is InChI=1S/C33H43N3O2/c1-7-13-23(14-8-2)30-28-15-11-12-16-29(28)36-21-25(31(34-9-3)22(5)33(37)35-10-4)19-24-20-26(38-6)17-18-27(24)32(30)36/h11-12,15-20,23,34H,7-10,13-14,21H2,1-6H3,(H,35,37)/b31-22+. The van der Waals surface area contributed by atoms with Gasteiger partial charge in [-0.25, -0.2) is 0 Å². The van der Waals surface area contributed by atoms with Gasteiger partial charge < -0.3 is 19.9 Å². The van der Waals surface area contributed by atoms with Gasteiger partial charge in [0.1, 0.15) is 5.75 Å². The number of fused-ring (bicyclic) bond motifs is 5. The highest BCUT2D eigenvalue weighted by atomic mass is 16.5. The molecule has 1 aromatic heterocycles. The number of carbonyl (C=O) groups is 1. The van der Waals surface area contributed by atoms with Gasteiger partial charge in [0, 0.05) is 40.8 Å². The number of ether oxygens (including phenoxy) is 1. The van der Waals surface area contributed by atoms with Gasteiger partial charge in [-0.3, -0.25) is 4.79 Å². The maximum atomic E-state index is 13.0. The summed E-state index contributed by atoms with van der Waals surface area (Å²) in [6.07, 6.45) is 6.89. The average molecular weight is 514 g/mol. The molecule has 0 saturated carbocycles. The molecule has 5 nitrogen and oxygen atoms in total. The lowest BCUT2D eigenvalue weighted by Gasteiger charge is -2.20. The second-order valence-corrected chi connectivity index (χ2v) is 10.2. The van der Waals surface area contributed by atoms with Crippen molar-refractivity contribution in [2.75, 3.05) is 20.2 Å². The number of benzene rings is 2. The minimum Gasteiger partial charge on any atom is -0.497 e. The summed E-state index contributed by atoms with van der Waals surface area (Å²) in [6, 6.07) is 15.2. The summed E-state index contributed by atoms with van der Waals surface area (Å²) >= 11 is 0. The van der Waals surface area contributed by atoms with Gasteiger partial charge >= 0.3 is 0 Å². The Morgan fingerprint density at radius 3 is 2.37 bits per heavy atom. The Balaban J connectivity index is 2.06. The highest BCUT2D eigenvalue weighted by Gasteiger charge is 2.28. The Labute approximate surface area is 228 Å². The molecule has 4 rings (SSSR count). The molecule has 0 fully saturated rings. The monoisotopic (exact) mass is 513 g/mol. The first-order chi connectivity index (χ1) is 18.5. The molecular weight excluding hydrogens is 470 g/mol. The number of aromatic nitrogens is 1. The van der Waals surface area contributed by atoms with E-state index >= 15 is 0 Å². The lowest BCUT2D eigenvalue weighted by Crippen LogP contribution is -2.28. The van der Waals surface area contributed by atoms with E-state index in [1.54, 1.807) is 7.11 Å². The van der Waals surface area contributed by atoms with Crippen LogP contribution in [-0.2, 0) is 11.3 Å². The molecule has 38 heavy (non-hydrogen) atoms. The summed E-state index contributed by atoms with van der Waals surface area (Å²) in [4.78, 5) is 13.0. The zero-order valence-corrected chi connectivity index (χ0v) is 23.9. The summed E-state index contributed by atoms with van der Waals surface area (Å²) in [6.45, 7) is 12.5. The van der Waals surface area contributed by atoms with Gasteiger partial charge in [-0.05, 0) is 86.6 Å². The molecular formula is C33H43N3O2. The summed E-state index contributed by atoms with van der Waals surface area (Å²) in [5, 5.41) is 7.85. The number of nitrogens with zero attached hydrogens (tertiary/aromatic N) is 1. The van der Waals surface area contributed by atoms with E-state index in [2.05, 4.69) is 84.5 Å². The Hall–Kier alpha value is -3.47. The number of amides is 1. The van der Waals surface area contributed by atoms with Crippen LogP contribution in [-0.4, -0.2) is 30.7 Å². The van der Waals surface area contributed by atoms with Crippen LogP contribution in [0.4, 0.5) is 0 Å². The Bertz CT molecular complexity index is 1360. The molecule has 2 heterocycles. The number of allylic oxidation sites excluding steroid dienone is 1. The molecule has 5 heteroatoms. The number of hydrogen-bond acceptors (Lipinski definition) is 3. The predicted octanol–water partition coefficient (Wildman–Crippen LogP) is 7.42. The molecule has 3 aromatic rings. The molecule has 1 aliphatic rings. The van der Waals surface area contributed by atoms with E-state index in [-0.39, 0.29) is 5.91 Å². The summed E-state index contributed by atoms with van der Waals surface area (Å²) in [7, 11) is 1.72. The fourth-order valence-corrected chi connectivity index (χ4v) is 5.96. The number of likely N-dealkylation sites (N-methyl/N-ethyl adjacent to an activating group) is 2. The number of nitrogens with one attached hydrogen (secondary N) is 2. The minimum atomic E-state index is -0.0382. The Morgan fingerprint density at radius 1 is 1.00 bits per heavy atom. The molecule has 1 amide bonds. The van der Waals surface area contributed by atoms with Gasteiger partial charge in [-0.2, -0.15) is 0 Å². The van der Waals surface area contributed by atoms with E-state index in [1.807, 2.05) is 13.8 Å². The maximum Gasteiger partial charge on any atom is 0.248 e. The third-order valence-electron chi connectivity index (χ3n) is 7.59. The molecule has 0 radical (unpaired) electrons. The highest BCUT2D eigenvalue weighted by Crippen LogP contribution is 2.46. The first kappa shape index (κ1) is 27.6. The zero-order valence-electron chi connectivity index (χ0n) is 23.9. The van der Waals surface area contributed by atoms with Gasteiger partial charge in [-0.1, -0.05) is 44.9 Å². The van der Waals surface area contributed by atoms with Gasteiger partial charge in [0.2, 0.25) is 5.91 Å². The van der Waals surface area contributed by atoms with Gasteiger partial charge in [0.15, 0.2) is 0 Å². The van der Waals surface area contributed by atoms with Gasteiger partial charge in [0.05, 0.1) is 19.3 Å². The highest BCUT2D eigenvalue weighted by molar-refractivity contribution is 5.97.